The molecule has 0 aliphatic heterocycles. The van der Waals surface area contributed by atoms with Gasteiger partial charge < -0.3 is 10.1 Å². The number of alkyl halides is 3. The van der Waals surface area contributed by atoms with E-state index in [1.165, 1.54) is 18.6 Å². The third-order valence-corrected chi connectivity index (χ3v) is 3.14. The molecule has 2 atom stereocenters. The molecule has 2 unspecified atom stereocenters. The maximum Gasteiger partial charge on any atom is 0.573 e. The largest absolute Gasteiger partial charge is 0.573 e. The molecule has 0 bridgehead atoms. The SMILES string of the molecule is CCCCC(C)NC(C)c1ccc(OC(F)(F)F)cc1. The molecular formula is C15H22F3NO. The van der Waals surface area contributed by atoms with Gasteiger partial charge >= 0.3 is 6.36 Å². The van der Waals surface area contributed by atoms with Gasteiger partial charge in [-0.25, -0.2) is 0 Å². The molecule has 0 aromatic heterocycles. The molecule has 114 valence electrons. The molecule has 0 saturated carbocycles. The summed E-state index contributed by atoms with van der Waals surface area (Å²) in [5, 5.41) is 3.44. The second-order valence-corrected chi connectivity index (χ2v) is 5.05. The number of rotatable bonds is 7. The second-order valence-electron chi connectivity index (χ2n) is 5.05. The summed E-state index contributed by atoms with van der Waals surface area (Å²) < 4.78 is 40.0. The van der Waals surface area contributed by atoms with E-state index in [1.807, 2.05) is 6.92 Å². The molecule has 5 heteroatoms. The van der Waals surface area contributed by atoms with Gasteiger partial charge in [0, 0.05) is 12.1 Å². The van der Waals surface area contributed by atoms with Crippen LogP contribution in [-0.4, -0.2) is 12.4 Å². The van der Waals surface area contributed by atoms with Crippen LogP contribution in [0.15, 0.2) is 24.3 Å². The highest BCUT2D eigenvalue weighted by atomic mass is 19.4. The Balaban J connectivity index is 2.55. The molecule has 0 fully saturated rings. The van der Waals surface area contributed by atoms with Crippen molar-refractivity contribution in [1.82, 2.24) is 5.32 Å². The number of hydrogen-bond donors (Lipinski definition) is 1. The lowest BCUT2D eigenvalue weighted by molar-refractivity contribution is -0.274. The van der Waals surface area contributed by atoms with E-state index in [1.54, 1.807) is 12.1 Å². The molecule has 2 nitrogen and oxygen atoms in total. The molecule has 1 aromatic carbocycles. The standard InChI is InChI=1S/C15H22F3NO/c1-4-5-6-11(2)19-12(3)13-7-9-14(10-8-13)20-15(16,17)18/h7-12,19H,4-6H2,1-3H3. The fourth-order valence-electron chi connectivity index (χ4n) is 2.07. The van der Waals surface area contributed by atoms with Gasteiger partial charge in [0.1, 0.15) is 5.75 Å². The number of unbranched alkanes of at least 4 members (excludes halogenated alkanes) is 1. The number of nitrogens with one attached hydrogen (secondary N) is 1. The maximum absolute atomic E-state index is 12.1. The summed E-state index contributed by atoms with van der Waals surface area (Å²) >= 11 is 0. The van der Waals surface area contributed by atoms with Gasteiger partial charge in [0.15, 0.2) is 0 Å². The van der Waals surface area contributed by atoms with Crippen LogP contribution in [0.25, 0.3) is 0 Å². The van der Waals surface area contributed by atoms with Gasteiger partial charge in [-0.15, -0.1) is 13.2 Å². The fraction of sp³-hybridized carbons (Fsp3) is 0.600. The van der Waals surface area contributed by atoms with Gasteiger partial charge in [0.2, 0.25) is 0 Å². The first-order valence-corrected chi connectivity index (χ1v) is 6.93. The molecule has 20 heavy (non-hydrogen) atoms. The monoisotopic (exact) mass is 289 g/mol. The van der Waals surface area contributed by atoms with Crippen molar-refractivity contribution in [3.05, 3.63) is 29.8 Å². The topological polar surface area (TPSA) is 21.3 Å². The second kappa shape index (κ2) is 7.53. The van der Waals surface area contributed by atoms with Crippen LogP contribution < -0.4 is 10.1 Å². The summed E-state index contributed by atoms with van der Waals surface area (Å²) in [6.45, 7) is 6.27. The van der Waals surface area contributed by atoms with Crippen LogP contribution >= 0.6 is 0 Å². The lowest BCUT2D eigenvalue weighted by Crippen LogP contribution is -2.28. The number of ether oxygens (including phenoxy) is 1. The van der Waals surface area contributed by atoms with Crippen molar-refractivity contribution in [1.29, 1.82) is 0 Å². The Morgan fingerprint density at radius 1 is 1.15 bits per heavy atom. The van der Waals surface area contributed by atoms with Crippen molar-refractivity contribution < 1.29 is 17.9 Å². The highest BCUT2D eigenvalue weighted by molar-refractivity contribution is 5.29. The van der Waals surface area contributed by atoms with Crippen LogP contribution in [0.5, 0.6) is 5.75 Å². The van der Waals surface area contributed by atoms with Crippen LogP contribution in [0.3, 0.4) is 0 Å². The zero-order valence-electron chi connectivity index (χ0n) is 12.1. The number of hydrogen-bond acceptors (Lipinski definition) is 2. The zero-order chi connectivity index (χ0) is 15.2. The molecular weight excluding hydrogens is 267 g/mol. The van der Waals surface area contributed by atoms with Crippen molar-refractivity contribution >= 4 is 0 Å². The van der Waals surface area contributed by atoms with E-state index in [0.29, 0.717) is 6.04 Å². The molecule has 0 amide bonds. The highest BCUT2D eigenvalue weighted by Gasteiger charge is 2.31. The predicted octanol–water partition coefficient (Wildman–Crippen LogP) is 4.81. The molecule has 0 heterocycles. The number of halogens is 3. The summed E-state index contributed by atoms with van der Waals surface area (Å²) in [6, 6.07) is 6.49. The molecule has 1 rings (SSSR count). The third kappa shape index (κ3) is 6.28. The first-order valence-electron chi connectivity index (χ1n) is 6.93. The molecule has 0 radical (unpaired) electrons. The smallest absolute Gasteiger partial charge is 0.406 e. The van der Waals surface area contributed by atoms with E-state index in [-0.39, 0.29) is 11.8 Å². The Kier molecular flexibility index (Phi) is 6.33. The van der Waals surface area contributed by atoms with Gasteiger partial charge in [0.05, 0.1) is 0 Å². The quantitative estimate of drug-likeness (QED) is 0.777. The van der Waals surface area contributed by atoms with Gasteiger partial charge in [-0.3, -0.25) is 0 Å². The van der Waals surface area contributed by atoms with Gasteiger partial charge in [0.25, 0.3) is 0 Å². The lowest BCUT2D eigenvalue weighted by atomic mass is 10.1. The lowest BCUT2D eigenvalue weighted by Gasteiger charge is -2.20. The summed E-state index contributed by atoms with van der Waals surface area (Å²) in [6.07, 6.45) is -1.22. The van der Waals surface area contributed by atoms with Crippen molar-refractivity contribution in [3.63, 3.8) is 0 Å². The van der Waals surface area contributed by atoms with Gasteiger partial charge in [-0.2, -0.15) is 0 Å². The number of benzene rings is 1. The minimum atomic E-state index is -4.64. The summed E-state index contributed by atoms with van der Waals surface area (Å²) in [5.74, 6) is -0.188. The van der Waals surface area contributed by atoms with Crippen LogP contribution in [0.2, 0.25) is 0 Å². The summed E-state index contributed by atoms with van der Waals surface area (Å²) in [4.78, 5) is 0. The fourth-order valence-corrected chi connectivity index (χ4v) is 2.07. The van der Waals surface area contributed by atoms with Crippen molar-refractivity contribution in [2.45, 2.75) is 58.5 Å². The Bertz CT molecular complexity index is 389. The van der Waals surface area contributed by atoms with Crippen LogP contribution in [0.4, 0.5) is 13.2 Å². The minimum absolute atomic E-state index is 0.0989. The predicted molar refractivity (Wildman–Crippen MR) is 73.7 cm³/mol. The Morgan fingerprint density at radius 2 is 1.75 bits per heavy atom. The average molecular weight is 289 g/mol. The van der Waals surface area contributed by atoms with Crippen molar-refractivity contribution in [2.24, 2.45) is 0 Å². The van der Waals surface area contributed by atoms with Crippen molar-refractivity contribution in [3.8, 4) is 5.75 Å². The Hall–Kier alpha value is -1.23. The van der Waals surface area contributed by atoms with E-state index >= 15 is 0 Å². The third-order valence-electron chi connectivity index (χ3n) is 3.14. The van der Waals surface area contributed by atoms with Crippen LogP contribution in [-0.2, 0) is 0 Å². The van der Waals surface area contributed by atoms with Gasteiger partial charge in [-0.1, -0.05) is 31.9 Å². The highest BCUT2D eigenvalue weighted by Crippen LogP contribution is 2.24. The zero-order valence-corrected chi connectivity index (χ0v) is 12.1. The maximum atomic E-state index is 12.1. The summed E-state index contributed by atoms with van der Waals surface area (Å²) in [5.41, 5.74) is 0.947. The van der Waals surface area contributed by atoms with Crippen LogP contribution in [0.1, 0.15) is 51.6 Å². The molecule has 0 aliphatic rings. The minimum Gasteiger partial charge on any atom is -0.406 e. The van der Waals surface area contributed by atoms with E-state index < -0.39 is 6.36 Å². The van der Waals surface area contributed by atoms with Crippen LogP contribution in [0, 0.1) is 0 Å². The molecule has 0 saturated heterocycles. The Morgan fingerprint density at radius 3 is 2.25 bits per heavy atom. The molecule has 0 aliphatic carbocycles. The first-order chi connectivity index (χ1) is 9.31. The molecule has 1 aromatic rings. The van der Waals surface area contributed by atoms with E-state index in [0.717, 1.165) is 18.4 Å². The summed E-state index contributed by atoms with van der Waals surface area (Å²) in [7, 11) is 0. The van der Waals surface area contributed by atoms with Crippen molar-refractivity contribution in [2.75, 3.05) is 0 Å². The average Bonchev–Trinajstić information content (AvgIpc) is 2.35. The first kappa shape index (κ1) is 16.8. The molecule has 1 N–H and O–H groups in total. The van der Waals surface area contributed by atoms with E-state index in [2.05, 4.69) is 23.9 Å². The Labute approximate surface area is 118 Å². The van der Waals surface area contributed by atoms with Gasteiger partial charge in [-0.05, 0) is 38.0 Å². The van der Waals surface area contributed by atoms with E-state index in [4.69, 9.17) is 0 Å². The molecule has 0 spiro atoms. The van der Waals surface area contributed by atoms with E-state index in [9.17, 15) is 13.2 Å². The normalized spacial score (nSPS) is 14.9.